The molecule has 112 valence electrons. The molecule has 0 unspecified atom stereocenters. The second-order valence-corrected chi connectivity index (χ2v) is 5.22. The van der Waals surface area contributed by atoms with Gasteiger partial charge in [0.25, 0.3) is 0 Å². The normalized spacial score (nSPS) is 10.9. The molecule has 0 fully saturated rings. The molecule has 0 aliphatic rings. The van der Waals surface area contributed by atoms with Crippen LogP contribution in [0.1, 0.15) is 21.6 Å². The van der Waals surface area contributed by atoms with Crippen LogP contribution in [-0.2, 0) is 11.2 Å². The average molecular weight is 319 g/mol. The largest absolute Gasteiger partial charge is 0.464 e. The number of aromatic nitrogens is 2. The Kier molecular flexibility index (Phi) is 3.81. The highest BCUT2D eigenvalue weighted by Gasteiger charge is 2.18. The molecular formula is C16H12ClFN2O2. The van der Waals surface area contributed by atoms with E-state index in [0.29, 0.717) is 16.8 Å². The molecule has 1 heterocycles. The Bertz CT molecular complexity index is 860. The summed E-state index contributed by atoms with van der Waals surface area (Å²) in [7, 11) is 1.31. The number of H-pyrrole nitrogens is 1. The van der Waals surface area contributed by atoms with Gasteiger partial charge >= 0.3 is 5.97 Å². The van der Waals surface area contributed by atoms with Crippen LogP contribution in [0.25, 0.3) is 10.9 Å². The first kappa shape index (κ1) is 14.5. The first-order valence-electron chi connectivity index (χ1n) is 6.58. The van der Waals surface area contributed by atoms with Crippen molar-refractivity contribution in [1.29, 1.82) is 0 Å². The summed E-state index contributed by atoms with van der Waals surface area (Å²) in [6.45, 7) is 0. The molecule has 0 saturated carbocycles. The van der Waals surface area contributed by atoms with Gasteiger partial charge in [0, 0.05) is 10.4 Å². The van der Waals surface area contributed by atoms with Gasteiger partial charge in [-0.1, -0.05) is 29.8 Å². The lowest BCUT2D eigenvalue weighted by atomic mass is 10.00. The van der Waals surface area contributed by atoms with Gasteiger partial charge in [-0.2, -0.15) is 5.10 Å². The third-order valence-electron chi connectivity index (χ3n) is 3.45. The fourth-order valence-electron chi connectivity index (χ4n) is 2.41. The van der Waals surface area contributed by atoms with E-state index < -0.39 is 5.97 Å². The zero-order valence-electron chi connectivity index (χ0n) is 11.7. The van der Waals surface area contributed by atoms with E-state index in [1.54, 1.807) is 6.07 Å². The van der Waals surface area contributed by atoms with Crippen molar-refractivity contribution in [3.05, 3.63) is 64.1 Å². The lowest BCUT2D eigenvalue weighted by Crippen LogP contribution is -2.03. The minimum absolute atomic E-state index is 0.228. The quantitative estimate of drug-likeness (QED) is 0.749. The lowest BCUT2D eigenvalue weighted by Gasteiger charge is -2.07. The lowest BCUT2D eigenvalue weighted by molar-refractivity contribution is 0.0596. The van der Waals surface area contributed by atoms with Gasteiger partial charge in [0.1, 0.15) is 5.82 Å². The summed E-state index contributed by atoms with van der Waals surface area (Å²) in [6.07, 6.45) is 0.458. The summed E-state index contributed by atoms with van der Waals surface area (Å²) in [5.74, 6) is -0.894. The molecule has 0 amide bonds. The summed E-state index contributed by atoms with van der Waals surface area (Å²) in [6, 6.07) is 9.82. The van der Waals surface area contributed by atoms with Crippen molar-refractivity contribution in [3.63, 3.8) is 0 Å². The van der Waals surface area contributed by atoms with Gasteiger partial charge in [0.15, 0.2) is 5.69 Å². The maximum Gasteiger partial charge on any atom is 0.359 e. The standard InChI is InChI=1S/C16H12ClFN2O2/c1-22-16(21)15-14-10(3-2-4-13(14)19-20-15)7-9-5-6-11(18)8-12(9)17/h2-6,8H,7H2,1H3,(H,19,20). The molecule has 22 heavy (non-hydrogen) atoms. The monoisotopic (exact) mass is 318 g/mol. The number of hydrogen-bond donors (Lipinski definition) is 1. The van der Waals surface area contributed by atoms with E-state index in [4.69, 9.17) is 16.3 Å². The SMILES string of the molecule is COC(=O)c1n[nH]c2cccc(Cc3ccc(F)cc3Cl)c12. The third-order valence-corrected chi connectivity index (χ3v) is 3.80. The van der Waals surface area contributed by atoms with Crippen LogP contribution in [0.3, 0.4) is 0 Å². The van der Waals surface area contributed by atoms with Crippen molar-refractivity contribution in [2.75, 3.05) is 7.11 Å². The summed E-state index contributed by atoms with van der Waals surface area (Å²) < 4.78 is 17.9. The van der Waals surface area contributed by atoms with Crippen LogP contribution in [0, 0.1) is 5.82 Å². The molecule has 0 aliphatic heterocycles. The number of ether oxygens (including phenoxy) is 1. The average Bonchev–Trinajstić information content (AvgIpc) is 2.94. The topological polar surface area (TPSA) is 55.0 Å². The maximum absolute atomic E-state index is 13.1. The Morgan fingerprint density at radius 2 is 2.14 bits per heavy atom. The number of aromatic amines is 1. The zero-order valence-corrected chi connectivity index (χ0v) is 12.4. The van der Waals surface area contributed by atoms with Crippen molar-refractivity contribution in [3.8, 4) is 0 Å². The predicted molar refractivity (Wildman–Crippen MR) is 81.6 cm³/mol. The van der Waals surface area contributed by atoms with Crippen molar-refractivity contribution >= 4 is 28.5 Å². The highest BCUT2D eigenvalue weighted by Crippen LogP contribution is 2.26. The summed E-state index contributed by atoms with van der Waals surface area (Å²) in [5, 5.41) is 7.86. The number of carbonyl (C=O) groups excluding carboxylic acids is 1. The number of esters is 1. The van der Waals surface area contributed by atoms with Crippen LogP contribution in [0.15, 0.2) is 36.4 Å². The second-order valence-electron chi connectivity index (χ2n) is 4.82. The van der Waals surface area contributed by atoms with Crippen LogP contribution < -0.4 is 0 Å². The smallest absolute Gasteiger partial charge is 0.359 e. The maximum atomic E-state index is 13.1. The number of benzene rings is 2. The molecule has 4 nitrogen and oxygen atoms in total. The number of fused-ring (bicyclic) bond motifs is 1. The molecule has 0 radical (unpaired) electrons. The molecule has 0 atom stereocenters. The van der Waals surface area contributed by atoms with E-state index in [9.17, 15) is 9.18 Å². The first-order valence-corrected chi connectivity index (χ1v) is 6.96. The minimum Gasteiger partial charge on any atom is -0.464 e. The highest BCUT2D eigenvalue weighted by molar-refractivity contribution is 6.31. The van der Waals surface area contributed by atoms with Gasteiger partial charge in [-0.25, -0.2) is 9.18 Å². The van der Waals surface area contributed by atoms with Crippen LogP contribution in [0.4, 0.5) is 4.39 Å². The Balaban J connectivity index is 2.10. The van der Waals surface area contributed by atoms with E-state index in [0.717, 1.165) is 16.6 Å². The van der Waals surface area contributed by atoms with Gasteiger partial charge < -0.3 is 4.74 Å². The van der Waals surface area contributed by atoms with E-state index >= 15 is 0 Å². The fraction of sp³-hybridized carbons (Fsp3) is 0.125. The Morgan fingerprint density at radius 3 is 2.86 bits per heavy atom. The molecule has 0 spiro atoms. The van der Waals surface area contributed by atoms with Crippen LogP contribution in [-0.4, -0.2) is 23.3 Å². The molecule has 3 aromatic rings. The van der Waals surface area contributed by atoms with Gasteiger partial charge in [0.2, 0.25) is 0 Å². The van der Waals surface area contributed by atoms with Crippen LogP contribution in [0.2, 0.25) is 5.02 Å². The first-order chi connectivity index (χ1) is 10.6. The van der Waals surface area contributed by atoms with Gasteiger partial charge in [-0.05, 0) is 35.7 Å². The Morgan fingerprint density at radius 1 is 1.32 bits per heavy atom. The number of nitrogens with zero attached hydrogens (tertiary/aromatic N) is 1. The number of carbonyl (C=O) groups is 1. The minimum atomic E-state index is -0.510. The third kappa shape index (κ3) is 2.55. The van der Waals surface area contributed by atoms with Gasteiger partial charge in [0.05, 0.1) is 12.6 Å². The number of halogens is 2. The predicted octanol–water partition coefficient (Wildman–Crippen LogP) is 3.73. The van der Waals surface area contributed by atoms with E-state index in [2.05, 4.69) is 10.2 Å². The molecule has 0 bridgehead atoms. The van der Waals surface area contributed by atoms with Gasteiger partial charge in [-0.3, -0.25) is 5.10 Å². The molecule has 0 aliphatic carbocycles. The van der Waals surface area contributed by atoms with Crippen molar-refractivity contribution in [2.24, 2.45) is 0 Å². The van der Waals surface area contributed by atoms with Crippen molar-refractivity contribution in [1.82, 2.24) is 10.2 Å². The summed E-state index contributed by atoms with van der Waals surface area (Å²) >= 11 is 6.08. The molecule has 6 heteroatoms. The fourth-order valence-corrected chi connectivity index (χ4v) is 2.64. The van der Waals surface area contributed by atoms with Crippen LogP contribution in [0.5, 0.6) is 0 Å². The molecule has 1 N–H and O–H groups in total. The van der Waals surface area contributed by atoms with E-state index in [1.165, 1.54) is 19.2 Å². The molecule has 3 rings (SSSR count). The number of hydrogen-bond acceptors (Lipinski definition) is 3. The molecular weight excluding hydrogens is 307 g/mol. The summed E-state index contributed by atoms with van der Waals surface area (Å²) in [4.78, 5) is 11.8. The van der Waals surface area contributed by atoms with E-state index in [1.807, 2.05) is 18.2 Å². The van der Waals surface area contributed by atoms with Crippen molar-refractivity contribution in [2.45, 2.75) is 6.42 Å². The number of methoxy groups -OCH3 is 1. The van der Waals surface area contributed by atoms with E-state index in [-0.39, 0.29) is 11.5 Å². The Labute approximate surface area is 130 Å². The molecule has 1 aromatic heterocycles. The second kappa shape index (κ2) is 5.77. The molecule has 0 saturated heterocycles. The highest BCUT2D eigenvalue weighted by atomic mass is 35.5. The summed E-state index contributed by atoms with van der Waals surface area (Å²) in [5.41, 5.74) is 2.59. The van der Waals surface area contributed by atoms with Crippen LogP contribution >= 0.6 is 11.6 Å². The Hall–Kier alpha value is -2.40. The number of rotatable bonds is 3. The zero-order chi connectivity index (χ0) is 15.7. The molecule has 2 aromatic carbocycles. The number of nitrogens with one attached hydrogen (secondary N) is 1. The van der Waals surface area contributed by atoms with Crippen molar-refractivity contribution < 1.29 is 13.9 Å². The van der Waals surface area contributed by atoms with Gasteiger partial charge in [-0.15, -0.1) is 0 Å².